The van der Waals surface area contributed by atoms with Crippen LogP contribution < -0.4 is 5.32 Å². The van der Waals surface area contributed by atoms with Gasteiger partial charge in [-0.15, -0.1) is 0 Å². The van der Waals surface area contributed by atoms with E-state index in [2.05, 4.69) is 5.32 Å². The highest BCUT2D eigenvalue weighted by molar-refractivity contribution is 5.92. The van der Waals surface area contributed by atoms with Gasteiger partial charge < -0.3 is 19.9 Å². The topological polar surface area (TPSA) is 79.0 Å². The monoisotopic (exact) mass is 391 g/mol. The van der Waals surface area contributed by atoms with Crippen molar-refractivity contribution < 1.29 is 23.5 Å². The number of hydrogen-bond donors (Lipinski definition) is 1. The summed E-state index contributed by atoms with van der Waals surface area (Å²) in [6, 6.07) is 6.48. The van der Waals surface area contributed by atoms with Gasteiger partial charge in [-0.2, -0.15) is 0 Å². The van der Waals surface area contributed by atoms with Gasteiger partial charge in [0.2, 0.25) is 11.8 Å². The van der Waals surface area contributed by atoms with Crippen LogP contribution in [0.3, 0.4) is 0 Å². The zero-order chi connectivity index (χ0) is 20.1. The van der Waals surface area contributed by atoms with E-state index in [0.717, 1.165) is 0 Å². The predicted molar refractivity (Wildman–Crippen MR) is 99.9 cm³/mol. The minimum atomic E-state index is -0.354. The van der Waals surface area contributed by atoms with Gasteiger partial charge in [-0.05, 0) is 31.4 Å². The second-order valence-corrected chi connectivity index (χ2v) is 7.09. The zero-order valence-corrected chi connectivity index (χ0v) is 16.0. The Kier molecular flexibility index (Phi) is 6.49. The highest BCUT2D eigenvalue weighted by Crippen LogP contribution is 2.40. The highest BCUT2D eigenvalue weighted by atomic mass is 19.1. The van der Waals surface area contributed by atoms with Gasteiger partial charge in [0, 0.05) is 32.7 Å². The van der Waals surface area contributed by atoms with Crippen molar-refractivity contribution in [2.24, 2.45) is 11.8 Å². The first-order chi connectivity index (χ1) is 13.5. The minimum absolute atomic E-state index is 0.0298. The van der Waals surface area contributed by atoms with Crippen LogP contribution in [0.2, 0.25) is 0 Å². The fraction of sp³-hybridized carbons (Fsp3) is 0.550. The van der Waals surface area contributed by atoms with Crippen molar-refractivity contribution in [3.05, 3.63) is 35.6 Å². The Labute approximate surface area is 163 Å². The van der Waals surface area contributed by atoms with Crippen LogP contribution in [0, 0.1) is 17.7 Å². The first kappa shape index (κ1) is 20.1. The molecular weight excluding hydrogens is 365 g/mol. The molecule has 1 N–H and O–H groups in total. The van der Waals surface area contributed by atoms with E-state index in [1.807, 2.05) is 0 Å². The van der Waals surface area contributed by atoms with Gasteiger partial charge in [-0.1, -0.05) is 18.2 Å². The molecule has 8 heteroatoms. The lowest BCUT2D eigenvalue weighted by atomic mass is 10.1. The van der Waals surface area contributed by atoms with Crippen molar-refractivity contribution in [1.82, 2.24) is 15.1 Å². The largest absolute Gasteiger partial charge is 0.450 e. The number of nitrogens with one attached hydrogen (secondary N) is 1. The summed E-state index contributed by atoms with van der Waals surface area (Å²) in [7, 11) is 0. The van der Waals surface area contributed by atoms with Crippen molar-refractivity contribution in [2.45, 2.75) is 19.8 Å². The van der Waals surface area contributed by atoms with Crippen LogP contribution in [0.4, 0.5) is 9.18 Å². The average molecular weight is 391 g/mol. The molecule has 3 amide bonds. The first-order valence-corrected chi connectivity index (χ1v) is 9.73. The maximum absolute atomic E-state index is 13.6. The molecule has 1 aromatic carbocycles. The first-order valence-electron chi connectivity index (χ1n) is 9.73. The van der Waals surface area contributed by atoms with Crippen molar-refractivity contribution in [2.75, 3.05) is 39.3 Å². The number of ether oxygens (including phenoxy) is 1. The summed E-state index contributed by atoms with van der Waals surface area (Å²) in [5.74, 6) is -1.06. The molecule has 1 aliphatic heterocycles. The lowest BCUT2D eigenvalue weighted by molar-refractivity contribution is -0.136. The molecule has 28 heavy (non-hydrogen) atoms. The van der Waals surface area contributed by atoms with Crippen LogP contribution in [0.5, 0.6) is 0 Å². The predicted octanol–water partition coefficient (Wildman–Crippen LogP) is 1.42. The summed E-state index contributed by atoms with van der Waals surface area (Å²) >= 11 is 0. The molecule has 0 radical (unpaired) electrons. The fourth-order valence-corrected chi connectivity index (χ4v) is 3.47. The molecule has 1 saturated heterocycles. The van der Waals surface area contributed by atoms with Gasteiger partial charge in [0.25, 0.3) is 0 Å². The molecule has 2 unspecified atom stereocenters. The van der Waals surface area contributed by atoms with Crippen LogP contribution in [0.1, 0.15) is 18.9 Å². The number of benzene rings is 1. The van der Waals surface area contributed by atoms with E-state index in [4.69, 9.17) is 4.74 Å². The molecule has 2 fully saturated rings. The second kappa shape index (κ2) is 9.03. The third-order valence-electron chi connectivity index (χ3n) is 5.21. The Hall–Kier alpha value is -2.64. The molecule has 0 aromatic heterocycles. The van der Waals surface area contributed by atoms with E-state index in [1.54, 1.807) is 34.9 Å². The van der Waals surface area contributed by atoms with Gasteiger partial charge in [-0.3, -0.25) is 9.59 Å². The molecule has 2 atom stereocenters. The summed E-state index contributed by atoms with van der Waals surface area (Å²) in [6.45, 7) is 4.22. The molecule has 1 heterocycles. The Morgan fingerprint density at radius 1 is 1.11 bits per heavy atom. The quantitative estimate of drug-likeness (QED) is 0.796. The van der Waals surface area contributed by atoms with Gasteiger partial charge in [0.1, 0.15) is 5.82 Å². The van der Waals surface area contributed by atoms with Crippen LogP contribution in [0.15, 0.2) is 24.3 Å². The van der Waals surface area contributed by atoms with E-state index in [-0.39, 0.29) is 35.6 Å². The average Bonchev–Trinajstić information content (AvgIpc) is 3.50. The number of carbonyl (C=O) groups is 3. The smallest absolute Gasteiger partial charge is 0.409 e. The van der Waals surface area contributed by atoms with Crippen molar-refractivity contribution in [1.29, 1.82) is 0 Å². The van der Waals surface area contributed by atoms with Crippen molar-refractivity contribution >= 4 is 17.9 Å². The van der Waals surface area contributed by atoms with Gasteiger partial charge >= 0.3 is 6.09 Å². The number of carbonyl (C=O) groups excluding carboxylic acids is 3. The molecule has 1 saturated carbocycles. The molecule has 2 aliphatic rings. The van der Waals surface area contributed by atoms with Crippen LogP contribution in [-0.2, 0) is 20.7 Å². The molecule has 1 aromatic rings. The normalized spacial score (nSPS) is 21.2. The van der Waals surface area contributed by atoms with Crippen molar-refractivity contribution in [3.8, 4) is 0 Å². The van der Waals surface area contributed by atoms with Crippen LogP contribution in [-0.4, -0.2) is 67.0 Å². The fourth-order valence-electron chi connectivity index (χ4n) is 3.47. The third kappa shape index (κ3) is 4.79. The highest BCUT2D eigenvalue weighted by Gasteiger charge is 2.49. The number of hydrogen-bond acceptors (Lipinski definition) is 4. The minimum Gasteiger partial charge on any atom is -0.450 e. The summed E-state index contributed by atoms with van der Waals surface area (Å²) in [5.41, 5.74) is 0.561. The Bertz CT molecular complexity index is 734. The molecule has 0 spiro atoms. The zero-order valence-electron chi connectivity index (χ0n) is 16.0. The summed E-state index contributed by atoms with van der Waals surface area (Å²) in [6.07, 6.45) is 0.607. The molecule has 3 rings (SSSR count). The van der Waals surface area contributed by atoms with E-state index >= 15 is 0 Å². The van der Waals surface area contributed by atoms with Gasteiger partial charge in [0.15, 0.2) is 0 Å². The summed E-state index contributed by atoms with van der Waals surface area (Å²) < 4.78 is 18.6. The number of amides is 3. The lowest BCUT2D eigenvalue weighted by Gasteiger charge is -2.34. The summed E-state index contributed by atoms with van der Waals surface area (Å²) in [4.78, 5) is 39.8. The molecule has 152 valence electrons. The van der Waals surface area contributed by atoms with E-state index < -0.39 is 0 Å². The van der Waals surface area contributed by atoms with Crippen LogP contribution >= 0.6 is 0 Å². The van der Waals surface area contributed by atoms with Crippen LogP contribution in [0.25, 0.3) is 0 Å². The molecule has 7 nitrogen and oxygen atoms in total. The lowest BCUT2D eigenvalue weighted by Crippen LogP contribution is -2.51. The Morgan fingerprint density at radius 3 is 2.46 bits per heavy atom. The van der Waals surface area contributed by atoms with Crippen molar-refractivity contribution in [3.63, 3.8) is 0 Å². The summed E-state index contributed by atoms with van der Waals surface area (Å²) in [5, 5.41) is 2.80. The van der Waals surface area contributed by atoms with E-state index in [0.29, 0.717) is 57.7 Å². The number of halogens is 1. The second-order valence-electron chi connectivity index (χ2n) is 7.09. The number of piperazine rings is 1. The Balaban J connectivity index is 1.39. The van der Waals surface area contributed by atoms with Gasteiger partial charge in [0.05, 0.1) is 18.4 Å². The SMILES string of the molecule is CCOC(=O)N1CCN(C(=O)C2CC2C(=O)NCCc2ccccc2F)CC1. The molecule has 1 aliphatic carbocycles. The van der Waals surface area contributed by atoms with E-state index in [9.17, 15) is 18.8 Å². The number of rotatable bonds is 6. The molecule has 0 bridgehead atoms. The van der Waals surface area contributed by atoms with Gasteiger partial charge in [-0.25, -0.2) is 9.18 Å². The maximum Gasteiger partial charge on any atom is 0.409 e. The third-order valence-corrected chi connectivity index (χ3v) is 5.21. The molecular formula is C20H26FN3O4. The maximum atomic E-state index is 13.6. The standard InChI is InChI=1S/C20H26FN3O4/c1-2-28-20(27)24-11-9-23(10-12-24)19(26)16-13-15(16)18(25)22-8-7-14-5-3-4-6-17(14)21/h3-6,15-16H,2,7-13H2,1H3,(H,22,25). The Morgan fingerprint density at radius 2 is 1.79 bits per heavy atom. The van der Waals surface area contributed by atoms with E-state index in [1.165, 1.54) is 6.07 Å². The number of nitrogens with zero attached hydrogens (tertiary/aromatic N) is 2.